The molecule has 3 amide bonds. The minimum atomic E-state index is -1.00. The van der Waals surface area contributed by atoms with Crippen LogP contribution >= 0.6 is 0 Å². The molecule has 0 atom stereocenters. The molecule has 1 aliphatic rings. The van der Waals surface area contributed by atoms with Gasteiger partial charge in [0.1, 0.15) is 11.6 Å². The summed E-state index contributed by atoms with van der Waals surface area (Å²) in [6.07, 6.45) is 1.46. The van der Waals surface area contributed by atoms with E-state index in [0.717, 1.165) is 22.4 Å². The van der Waals surface area contributed by atoms with Crippen molar-refractivity contribution in [2.75, 3.05) is 19.1 Å². The molecule has 34 heavy (non-hydrogen) atoms. The monoisotopic (exact) mass is 460 g/mol. The van der Waals surface area contributed by atoms with E-state index in [1.54, 1.807) is 37.3 Å². The zero-order chi connectivity index (χ0) is 24.2. The van der Waals surface area contributed by atoms with E-state index in [4.69, 9.17) is 9.84 Å². The molecular weight excluding hydrogens is 436 g/mol. The third kappa shape index (κ3) is 4.83. The highest BCUT2D eigenvalue weighted by Crippen LogP contribution is 2.27. The molecule has 1 aliphatic heterocycles. The summed E-state index contributed by atoms with van der Waals surface area (Å²) in [5, 5.41) is 11.9. The molecule has 2 heterocycles. The average Bonchev–Trinajstić information content (AvgIpc) is 2.86. The Morgan fingerprint density at radius 1 is 1.06 bits per heavy atom. The zero-order valence-corrected chi connectivity index (χ0v) is 18.8. The SMILES string of the molecule is COc1ccc(CNC(=O)c2cnc3c(c2)CN(Cc2ccc(C(=O)O)cc2)C(=O)N3C)cc1. The summed E-state index contributed by atoms with van der Waals surface area (Å²) >= 11 is 0. The number of anilines is 1. The average molecular weight is 460 g/mol. The van der Waals surface area contributed by atoms with Crippen LogP contribution in [0.15, 0.2) is 60.8 Å². The van der Waals surface area contributed by atoms with Crippen molar-refractivity contribution in [3.05, 3.63) is 88.6 Å². The largest absolute Gasteiger partial charge is 0.497 e. The van der Waals surface area contributed by atoms with Crippen molar-refractivity contribution in [1.82, 2.24) is 15.2 Å². The van der Waals surface area contributed by atoms with Crippen molar-refractivity contribution < 1.29 is 24.2 Å². The topological polar surface area (TPSA) is 112 Å². The summed E-state index contributed by atoms with van der Waals surface area (Å²) in [6.45, 7) is 0.943. The molecule has 3 aromatic rings. The Labute approximate surface area is 196 Å². The van der Waals surface area contributed by atoms with E-state index >= 15 is 0 Å². The summed E-state index contributed by atoms with van der Waals surface area (Å²) < 4.78 is 5.14. The zero-order valence-electron chi connectivity index (χ0n) is 18.8. The van der Waals surface area contributed by atoms with Gasteiger partial charge >= 0.3 is 12.0 Å². The van der Waals surface area contributed by atoms with E-state index in [0.29, 0.717) is 24.5 Å². The molecule has 2 aromatic carbocycles. The molecule has 0 aliphatic carbocycles. The Bertz CT molecular complexity index is 1230. The van der Waals surface area contributed by atoms with Gasteiger partial charge in [-0.15, -0.1) is 0 Å². The molecule has 174 valence electrons. The molecule has 9 nitrogen and oxygen atoms in total. The van der Waals surface area contributed by atoms with Crippen molar-refractivity contribution in [3.63, 3.8) is 0 Å². The Balaban J connectivity index is 1.46. The van der Waals surface area contributed by atoms with Gasteiger partial charge in [-0.25, -0.2) is 14.6 Å². The lowest BCUT2D eigenvalue weighted by atomic mass is 10.1. The van der Waals surface area contributed by atoms with Crippen LogP contribution in [-0.2, 0) is 19.6 Å². The lowest BCUT2D eigenvalue weighted by Crippen LogP contribution is -2.45. The van der Waals surface area contributed by atoms with Gasteiger partial charge in [-0.1, -0.05) is 24.3 Å². The molecule has 2 N–H and O–H groups in total. The highest BCUT2D eigenvalue weighted by Gasteiger charge is 2.29. The van der Waals surface area contributed by atoms with Gasteiger partial charge in [-0.05, 0) is 41.5 Å². The molecule has 0 spiro atoms. The highest BCUT2D eigenvalue weighted by molar-refractivity contribution is 5.97. The second-order valence-corrected chi connectivity index (χ2v) is 7.94. The second kappa shape index (κ2) is 9.62. The van der Waals surface area contributed by atoms with E-state index < -0.39 is 5.97 Å². The van der Waals surface area contributed by atoms with E-state index in [9.17, 15) is 14.4 Å². The number of hydrogen-bond acceptors (Lipinski definition) is 5. The number of aromatic carboxylic acids is 1. The standard InChI is InChI=1S/C25H24N4O5/c1-28-22-20(15-29(25(28)33)14-17-3-7-18(8-4-17)24(31)32)11-19(13-26-22)23(30)27-12-16-5-9-21(34-2)10-6-16/h3-11,13H,12,14-15H2,1-2H3,(H,27,30)(H,31,32). The molecule has 0 saturated heterocycles. The number of hydrogen-bond donors (Lipinski definition) is 2. The van der Waals surface area contributed by atoms with Crippen LogP contribution in [-0.4, -0.2) is 47.1 Å². The maximum absolute atomic E-state index is 12.8. The van der Waals surface area contributed by atoms with E-state index in [-0.39, 0.29) is 24.0 Å². The summed E-state index contributed by atoms with van der Waals surface area (Å²) in [4.78, 5) is 44.0. The summed E-state index contributed by atoms with van der Waals surface area (Å²) in [7, 11) is 3.23. The third-order valence-corrected chi connectivity index (χ3v) is 5.63. The summed E-state index contributed by atoms with van der Waals surface area (Å²) in [6, 6.07) is 15.3. The first-order valence-electron chi connectivity index (χ1n) is 10.6. The van der Waals surface area contributed by atoms with Gasteiger partial charge < -0.3 is 20.1 Å². The fourth-order valence-corrected chi connectivity index (χ4v) is 3.75. The summed E-state index contributed by atoms with van der Waals surface area (Å²) in [5.41, 5.74) is 3.08. The molecular formula is C25H24N4O5. The first-order valence-corrected chi connectivity index (χ1v) is 10.6. The molecule has 4 rings (SSSR count). The number of carbonyl (C=O) groups excluding carboxylic acids is 2. The molecule has 0 saturated carbocycles. The number of pyridine rings is 1. The van der Waals surface area contributed by atoms with Gasteiger partial charge in [0.25, 0.3) is 5.91 Å². The maximum Gasteiger partial charge on any atom is 0.335 e. The first-order chi connectivity index (χ1) is 16.4. The minimum Gasteiger partial charge on any atom is -0.497 e. The number of fused-ring (bicyclic) bond motifs is 1. The number of methoxy groups -OCH3 is 1. The van der Waals surface area contributed by atoms with Gasteiger partial charge in [0.2, 0.25) is 0 Å². The third-order valence-electron chi connectivity index (χ3n) is 5.63. The number of nitrogens with zero attached hydrogens (tertiary/aromatic N) is 3. The van der Waals surface area contributed by atoms with Crippen LogP contribution < -0.4 is 15.0 Å². The molecule has 0 radical (unpaired) electrons. The fourth-order valence-electron chi connectivity index (χ4n) is 3.75. The predicted octanol–water partition coefficient (Wildman–Crippen LogP) is 3.29. The normalized spacial score (nSPS) is 12.8. The van der Waals surface area contributed by atoms with Crippen LogP contribution in [0.5, 0.6) is 5.75 Å². The maximum atomic E-state index is 12.8. The number of nitrogens with one attached hydrogen (secondary N) is 1. The number of urea groups is 1. The van der Waals surface area contributed by atoms with E-state index in [1.165, 1.54) is 23.2 Å². The Morgan fingerprint density at radius 2 is 1.74 bits per heavy atom. The number of aromatic nitrogens is 1. The first kappa shape index (κ1) is 22.8. The van der Waals surface area contributed by atoms with Gasteiger partial charge in [0.05, 0.1) is 24.8 Å². The molecule has 0 fully saturated rings. The number of carboxylic acids is 1. The molecule has 0 bridgehead atoms. The lowest BCUT2D eigenvalue weighted by molar-refractivity contribution is 0.0696. The van der Waals surface area contributed by atoms with Gasteiger partial charge in [-0.3, -0.25) is 9.69 Å². The molecule has 1 aromatic heterocycles. The van der Waals surface area contributed by atoms with Crippen molar-refractivity contribution >= 4 is 23.7 Å². The van der Waals surface area contributed by atoms with Crippen LogP contribution in [0.4, 0.5) is 10.6 Å². The Kier molecular flexibility index (Phi) is 6.44. The van der Waals surface area contributed by atoms with Gasteiger partial charge in [-0.2, -0.15) is 0 Å². The van der Waals surface area contributed by atoms with E-state index in [1.807, 2.05) is 24.3 Å². The number of rotatable bonds is 7. The van der Waals surface area contributed by atoms with Crippen LogP contribution in [0.1, 0.15) is 37.4 Å². The fraction of sp³-hybridized carbons (Fsp3) is 0.200. The second-order valence-electron chi connectivity index (χ2n) is 7.94. The predicted molar refractivity (Wildman–Crippen MR) is 125 cm³/mol. The number of carboxylic acid groups (broad SMARTS) is 1. The van der Waals surface area contributed by atoms with Crippen molar-refractivity contribution in [2.24, 2.45) is 0 Å². The molecule has 9 heteroatoms. The van der Waals surface area contributed by atoms with Crippen molar-refractivity contribution in [2.45, 2.75) is 19.6 Å². The molecule has 0 unspecified atom stereocenters. The Hall–Kier alpha value is -4.40. The van der Waals surface area contributed by atoms with Crippen LogP contribution in [0.25, 0.3) is 0 Å². The smallest absolute Gasteiger partial charge is 0.335 e. The van der Waals surface area contributed by atoms with Gasteiger partial charge in [0, 0.05) is 31.9 Å². The number of ether oxygens (including phenoxy) is 1. The number of carbonyl (C=O) groups is 3. The lowest BCUT2D eigenvalue weighted by Gasteiger charge is -2.34. The summed E-state index contributed by atoms with van der Waals surface area (Å²) in [5.74, 6) is -0.0104. The van der Waals surface area contributed by atoms with Crippen molar-refractivity contribution in [3.8, 4) is 5.75 Å². The number of amides is 3. The van der Waals surface area contributed by atoms with Crippen LogP contribution in [0.2, 0.25) is 0 Å². The number of benzene rings is 2. The van der Waals surface area contributed by atoms with E-state index in [2.05, 4.69) is 10.3 Å². The highest BCUT2D eigenvalue weighted by atomic mass is 16.5. The van der Waals surface area contributed by atoms with Crippen LogP contribution in [0.3, 0.4) is 0 Å². The minimum absolute atomic E-state index is 0.186. The quantitative estimate of drug-likeness (QED) is 0.560. The Morgan fingerprint density at radius 3 is 2.38 bits per heavy atom. The van der Waals surface area contributed by atoms with Gasteiger partial charge in [0.15, 0.2) is 0 Å². The van der Waals surface area contributed by atoms with Crippen molar-refractivity contribution in [1.29, 1.82) is 0 Å². The van der Waals surface area contributed by atoms with Crippen LogP contribution in [0, 0.1) is 0 Å².